The molecule has 6 nitrogen and oxygen atoms in total. The van der Waals surface area contributed by atoms with Gasteiger partial charge in [-0.05, 0) is 25.1 Å². The van der Waals surface area contributed by atoms with E-state index in [1.165, 1.54) is 12.0 Å². The summed E-state index contributed by atoms with van der Waals surface area (Å²) in [6, 6.07) is 4.24. The van der Waals surface area contributed by atoms with E-state index in [0.717, 1.165) is 0 Å². The molecule has 7 heteroatoms. The molecule has 1 heterocycles. The lowest BCUT2D eigenvalue weighted by Gasteiger charge is -2.33. The third-order valence-corrected chi connectivity index (χ3v) is 3.19. The highest BCUT2D eigenvalue weighted by atomic mass is 35.5. The quantitative estimate of drug-likeness (QED) is 0.869. The summed E-state index contributed by atoms with van der Waals surface area (Å²) in [5.41, 5.74) is 1.05. The highest BCUT2D eigenvalue weighted by Crippen LogP contribution is 2.34. The lowest BCUT2D eigenvalue weighted by molar-refractivity contribution is -0.117. The first kappa shape index (κ1) is 14.6. The van der Waals surface area contributed by atoms with Crippen LogP contribution in [0.25, 0.3) is 0 Å². The number of amides is 2. The summed E-state index contributed by atoms with van der Waals surface area (Å²) in [5, 5.41) is 3.19. The standard InChI is InChI=1S/C13H15ClN2O4/c1-8-12(17)15-10-4-3-9(14)7-11(10)16(8)13(18)20-6-5-19-2/h3-4,7-8H,5-6H2,1-2H3,(H,15,17)/t8-/m0/s1. The molecule has 0 fully saturated rings. The Balaban J connectivity index is 2.28. The van der Waals surface area contributed by atoms with Crippen molar-refractivity contribution in [2.75, 3.05) is 30.5 Å². The molecule has 0 spiro atoms. The van der Waals surface area contributed by atoms with Crippen molar-refractivity contribution in [2.45, 2.75) is 13.0 Å². The maximum absolute atomic E-state index is 12.1. The second kappa shape index (κ2) is 6.11. The Morgan fingerprint density at radius 3 is 2.90 bits per heavy atom. The molecular formula is C13H15ClN2O4. The fourth-order valence-corrected chi connectivity index (χ4v) is 2.08. The van der Waals surface area contributed by atoms with Gasteiger partial charge in [-0.15, -0.1) is 0 Å². The number of halogens is 1. The molecule has 108 valence electrons. The summed E-state index contributed by atoms with van der Waals surface area (Å²) in [6.07, 6.45) is -0.604. The van der Waals surface area contributed by atoms with E-state index in [-0.39, 0.29) is 12.5 Å². The smallest absolute Gasteiger partial charge is 0.415 e. The van der Waals surface area contributed by atoms with Crippen LogP contribution >= 0.6 is 11.6 Å². The van der Waals surface area contributed by atoms with E-state index in [2.05, 4.69) is 5.32 Å². The van der Waals surface area contributed by atoms with Crippen molar-refractivity contribution >= 4 is 35.0 Å². The number of anilines is 2. The summed E-state index contributed by atoms with van der Waals surface area (Å²) in [7, 11) is 1.51. The predicted octanol–water partition coefficient (Wildman–Crippen LogP) is 2.27. The van der Waals surface area contributed by atoms with Crippen LogP contribution in [0, 0.1) is 0 Å². The van der Waals surface area contributed by atoms with E-state index in [1.54, 1.807) is 25.1 Å². The summed E-state index contributed by atoms with van der Waals surface area (Å²) in [4.78, 5) is 25.3. The van der Waals surface area contributed by atoms with Crippen LogP contribution in [0.2, 0.25) is 5.02 Å². The van der Waals surface area contributed by atoms with Crippen molar-refractivity contribution in [3.8, 4) is 0 Å². The summed E-state index contributed by atoms with van der Waals surface area (Å²) in [6.45, 7) is 2.04. The number of methoxy groups -OCH3 is 1. The number of fused-ring (bicyclic) bond motifs is 1. The molecule has 0 aromatic heterocycles. The molecule has 0 radical (unpaired) electrons. The average Bonchev–Trinajstić information content (AvgIpc) is 2.41. The number of hydrogen-bond acceptors (Lipinski definition) is 4. The van der Waals surface area contributed by atoms with Gasteiger partial charge in [0.25, 0.3) is 0 Å². The normalized spacial score (nSPS) is 17.4. The Hall–Kier alpha value is -1.79. The number of nitrogens with zero attached hydrogens (tertiary/aromatic N) is 1. The highest BCUT2D eigenvalue weighted by molar-refractivity contribution is 6.31. The number of hydrogen-bond donors (Lipinski definition) is 1. The second-order valence-electron chi connectivity index (χ2n) is 4.30. The Morgan fingerprint density at radius 1 is 1.45 bits per heavy atom. The Kier molecular flexibility index (Phi) is 4.46. The maximum atomic E-state index is 12.1. The summed E-state index contributed by atoms with van der Waals surface area (Å²) in [5.74, 6) is -0.275. The number of ether oxygens (including phenoxy) is 2. The average molecular weight is 299 g/mol. The topological polar surface area (TPSA) is 67.9 Å². The third-order valence-electron chi connectivity index (χ3n) is 2.95. The molecule has 0 bridgehead atoms. The van der Waals surface area contributed by atoms with Gasteiger partial charge in [-0.1, -0.05) is 11.6 Å². The van der Waals surface area contributed by atoms with Gasteiger partial charge in [0.05, 0.1) is 18.0 Å². The number of carbonyl (C=O) groups is 2. The first-order chi connectivity index (χ1) is 9.54. The van der Waals surface area contributed by atoms with Crippen molar-refractivity contribution in [2.24, 2.45) is 0 Å². The lowest BCUT2D eigenvalue weighted by Crippen LogP contribution is -2.49. The molecule has 2 rings (SSSR count). The molecule has 2 amide bonds. The fraction of sp³-hybridized carbons (Fsp3) is 0.385. The van der Waals surface area contributed by atoms with Gasteiger partial charge in [0, 0.05) is 12.1 Å². The van der Waals surface area contributed by atoms with Crippen LogP contribution in [-0.4, -0.2) is 38.4 Å². The van der Waals surface area contributed by atoms with Crippen LogP contribution in [-0.2, 0) is 14.3 Å². The molecule has 1 aromatic rings. The molecule has 1 aliphatic rings. The van der Waals surface area contributed by atoms with Gasteiger partial charge >= 0.3 is 6.09 Å². The predicted molar refractivity (Wildman–Crippen MR) is 75.2 cm³/mol. The largest absolute Gasteiger partial charge is 0.447 e. The minimum Gasteiger partial charge on any atom is -0.447 e. The molecular weight excluding hydrogens is 284 g/mol. The fourth-order valence-electron chi connectivity index (χ4n) is 1.91. The monoisotopic (exact) mass is 298 g/mol. The Labute approximate surface area is 121 Å². The van der Waals surface area contributed by atoms with E-state index in [1.807, 2.05) is 0 Å². The SMILES string of the molecule is COCCOC(=O)N1c2cc(Cl)ccc2NC(=O)[C@@H]1C. The maximum Gasteiger partial charge on any atom is 0.415 e. The van der Waals surface area contributed by atoms with E-state index in [0.29, 0.717) is 23.0 Å². The van der Waals surface area contributed by atoms with Gasteiger partial charge in [0.15, 0.2) is 0 Å². The molecule has 0 aliphatic carbocycles. The number of carbonyl (C=O) groups excluding carboxylic acids is 2. The number of nitrogens with one attached hydrogen (secondary N) is 1. The Morgan fingerprint density at radius 2 is 2.20 bits per heavy atom. The van der Waals surface area contributed by atoms with E-state index in [9.17, 15) is 9.59 Å². The minimum atomic E-state index is -0.670. The van der Waals surface area contributed by atoms with E-state index in [4.69, 9.17) is 21.1 Å². The first-order valence-corrected chi connectivity index (χ1v) is 6.47. The molecule has 0 unspecified atom stereocenters. The highest BCUT2D eigenvalue weighted by Gasteiger charge is 2.34. The number of benzene rings is 1. The van der Waals surface area contributed by atoms with Crippen molar-refractivity contribution in [3.05, 3.63) is 23.2 Å². The van der Waals surface area contributed by atoms with Gasteiger partial charge in [-0.3, -0.25) is 9.69 Å². The van der Waals surface area contributed by atoms with Crippen molar-refractivity contribution < 1.29 is 19.1 Å². The van der Waals surface area contributed by atoms with Gasteiger partial charge in [0.1, 0.15) is 12.6 Å². The summed E-state index contributed by atoms with van der Waals surface area (Å²) < 4.78 is 9.90. The van der Waals surface area contributed by atoms with Crippen LogP contribution in [0.1, 0.15) is 6.92 Å². The minimum absolute atomic E-state index is 0.121. The van der Waals surface area contributed by atoms with Crippen LogP contribution in [0.15, 0.2) is 18.2 Å². The zero-order valence-electron chi connectivity index (χ0n) is 11.2. The molecule has 1 atom stereocenters. The van der Waals surface area contributed by atoms with Gasteiger partial charge in [0.2, 0.25) is 5.91 Å². The molecule has 1 aromatic carbocycles. The van der Waals surface area contributed by atoms with Crippen LogP contribution < -0.4 is 10.2 Å². The zero-order valence-corrected chi connectivity index (χ0v) is 11.9. The van der Waals surface area contributed by atoms with Crippen molar-refractivity contribution in [1.29, 1.82) is 0 Å². The van der Waals surface area contributed by atoms with Gasteiger partial charge in [-0.25, -0.2) is 4.79 Å². The van der Waals surface area contributed by atoms with Crippen molar-refractivity contribution in [3.63, 3.8) is 0 Å². The van der Waals surface area contributed by atoms with E-state index >= 15 is 0 Å². The van der Waals surface area contributed by atoms with Crippen LogP contribution in [0.3, 0.4) is 0 Å². The first-order valence-electron chi connectivity index (χ1n) is 6.10. The second-order valence-corrected chi connectivity index (χ2v) is 4.74. The van der Waals surface area contributed by atoms with Crippen LogP contribution in [0.5, 0.6) is 0 Å². The van der Waals surface area contributed by atoms with Gasteiger partial charge < -0.3 is 14.8 Å². The van der Waals surface area contributed by atoms with E-state index < -0.39 is 12.1 Å². The third kappa shape index (κ3) is 2.86. The molecule has 1 N–H and O–H groups in total. The summed E-state index contributed by atoms with van der Waals surface area (Å²) >= 11 is 5.95. The molecule has 0 saturated heterocycles. The van der Waals surface area contributed by atoms with Crippen molar-refractivity contribution in [1.82, 2.24) is 0 Å². The molecule has 0 saturated carbocycles. The molecule has 1 aliphatic heterocycles. The van der Waals surface area contributed by atoms with Gasteiger partial charge in [-0.2, -0.15) is 0 Å². The lowest BCUT2D eigenvalue weighted by atomic mass is 10.1. The zero-order chi connectivity index (χ0) is 14.7. The molecule has 20 heavy (non-hydrogen) atoms. The number of rotatable bonds is 3. The van der Waals surface area contributed by atoms with Crippen LogP contribution in [0.4, 0.5) is 16.2 Å². The Bertz CT molecular complexity index is 535.